The third kappa shape index (κ3) is 4.32. The lowest BCUT2D eigenvalue weighted by molar-refractivity contribution is -0.137. The molecule has 2 N–H and O–H groups in total. The average molecular weight is 442 g/mol. The predicted molar refractivity (Wildman–Crippen MR) is 121 cm³/mol. The quantitative estimate of drug-likeness (QED) is 0.374. The van der Waals surface area contributed by atoms with Gasteiger partial charge in [0.15, 0.2) is 0 Å². The van der Waals surface area contributed by atoms with Crippen molar-refractivity contribution < 1.29 is 14.6 Å². The first-order valence-corrected chi connectivity index (χ1v) is 10.7. The molecule has 4 aromatic rings. The topological polar surface area (TPSA) is 84.3 Å². The summed E-state index contributed by atoms with van der Waals surface area (Å²) in [6, 6.07) is 13.8. The van der Waals surface area contributed by atoms with E-state index in [1.807, 2.05) is 30.3 Å². The molecule has 0 saturated carbocycles. The highest BCUT2D eigenvalue weighted by Crippen LogP contribution is 2.36. The molecule has 6 nitrogen and oxygen atoms in total. The highest BCUT2D eigenvalue weighted by Gasteiger charge is 2.14. The summed E-state index contributed by atoms with van der Waals surface area (Å²) < 4.78 is 6.35. The van der Waals surface area contributed by atoms with Crippen molar-refractivity contribution in [3.63, 3.8) is 0 Å². The van der Waals surface area contributed by atoms with Gasteiger partial charge in [-0.3, -0.25) is 4.79 Å². The lowest BCUT2D eigenvalue weighted by Gasteiger charge is -2.11. The second kappa shape index (κ2) is 8.85. The summed E-state index contributed by atoms with van der Waals surface area (Å²) in [5.74, 6) is 1.21. The van der Waals surface area contributed by atoms with Gasteiger partial charge in [0, 0.05) is 29.5 Å². The molecule has 0 bridgehead atoms. The van der Waals surface area contributed by atoms with E-state index in [0.29, 0.717) is 36.0 Å². The van der Waals surface area contributed by atoms with Gasteiger partial charge in [-0.05, 0) is 30.2 Å². The number of fused-ring (bicyclic) bond motifs is 3. The molecule has 0 fully saturated rings. The molecule has 0 unspecified atom stereocenters. The van der Waals surface area contributed by atoms with E-state index in [0.717, 1.165) is 31.7 Å². The normalized spacial score (nSPS) is 11.1. The molecule has 2 heterocycles. The SMILES string of the molecule is COc1ccc(CNc2nc(CCCC(=O)O)nc3sc4ccccc4c23)cc1Cl. The minimum Gasteiger partial charge on any atom is -0.495 e. The second-order valence-corrected chi connectivity index (χ2v) is 8.27. The zero-order valence-corrected chi connectivity index (χ0v) is 17.9. The summed E-state index contributed by atoms with van der Waals surface area (Å²) in [4.78, 5) is 21.2. The van der Waals surface area contributed by atoms with E-state index >= 15 is 0 Å². The first-order valence-electron chi connectivity index (χ1n) is 9.51. The van der Waals surface area contributed by atoms with E-state index in [4.69, 9.17) is 31.4 Å². The van der Waals surface area contributed by atoms with Gasteiger partial charge >= 0.3 is 5.97 Å². The Labute approximate surface area is 182 Å². The van der Waals surface area contributed by atoms with Crippen LogP contribution in [0.3, 0.4) is 0 Å². The molecule has 154 valence electrons. The van der Waals surface area contributed by atoms with Crippen molar-refractivity contribution in [2.75, 3.05) is 12.4 Å². The van der Waals surface area contributed by atoms with Crippen LogP contribution in [0, 0.1) is 0 Å². The maximum Gasteiger partial charge on any atom is 0.303 e. The molecule has 0 radical (unpaired) electrons. The molecule has 8 heteroatoms. The van der Waals surface area contributed by atoms with E-state index < -0.39 is 5.97 Å². The monoisotopic (exact) mass is 441 g/mol. The number of hydrogen-bond donors (Lipinski definition) is 2. The number of carboxylic acid groups (broad SMARTS) is 1. The minimum absolute atomic E-state index is 0.0981. The Kier molecular flexibility index (Phi) is 6.01. The number of hydrogen-bond acceptors (Lipinski definition) is 6. The van der Waals surface area contributed by atoms with Crippen molar-refractivity contribution in [1.82, 2.24) is 9.97 Å². The van der Waals surface area contributed by atoms with Gasteiger partial charge < -0.3 is 15.2 Å². The molecule has 0 amide bonds. The number of methoxy groups -OCH3 is 1. The first-order chi connectivity index (χ1) is 14.5. The third-order valence-corrected chi connectivity index (χ3v) is 6.11. The number of aryl methyl sites for hydroxylation is 1. The number of aromatic nitrogens is 2. The molecule has 0 aliphatic heterocycles. The van der Waals surface area contributed by atoms with Gasteiger partial charge in [-0.2, -0.15) is 0 Å². The fourth-order valence-corrected chi connectivity index (χ4v) is 4.69. The zero-order valence-electron chi connectivity index (χ0n) is 16.3. The largest absolute Gasteiger partial charge is 0.495 e. The number of carboxylic acids is 1. The minimum atomic E-state index is -0.812. The maximum atomic E-state index is 10.8. The van der Waals surface area contributed by atoms with Crippen LogP contribution >= 0.6 is 22.9 Å². The van der Waals surface area contributed by atoms with Gasteiger partial charge in [-0.25, -0.2) is 9.97 Å². The highest BCUT2D eigenvalue weighted by atomic mass is 35.5. The van der Waals surface area contributed by atoms with Crippen molar-refractivity contribution in [2.45, 2.75) is 25.8 Å². The summed E-state index contributed by atoms with van der Waals surface area (Å²) in [6.45, 7) is 0.536. The third-order valence-electron chi connectivity index (χ3n) is 4.75. The van der Waals surface area contributed by atoms with Crippen LogP contribution in [0.4, 0.5) is 5.82 Å². The van der Waals surface area contributed by atoms with E-state index in [1.165, 1.54) is 0 Å². The molecule has 0 aliphatic rings. The van der Waals surface area contributed by atoms with Crippen LogP contribution in [-0.2, 0) is 17.8 Å². The molecule has 2 aromatic heterocycles. The molecule has 0 aliphatic carbocycles. The van der Waals surface area contributed by atoms with Crippen molar-refractivity contribution in [2.24, 2.45) is 0 Å². The summed E-state index contributed by atoms with van der Waals surface area (Å²) in [5, 5.41) is 15.0. The fourth-order valence-electron chi connectivity index (χ4n) is 3.31. The Hall–Kier alpha value is -2.90. The maximum absolute atomic E-state index is 10.8. The number of ether oxygens (including phenoxy) is 1. The van der Waals surface area contributed by atoms with Gasteiger partial charge in [0.1, 0.15) is 22.2 Å². The van der Waals surface area contributed by atoms with Crippen molar-refractivity contribution in [1.29, 1.82) is 0 Å². The first kappa shape index (κ1) is 20.4. The molecule has 0 spiro atoms. The number of carbonyl (C=O) groups is 1. The Morgan fingerprint density at radius 2 is 2.07 bits per heavy atom. The van der Waals surface area contributed by atoms with Gasteiger partial charge in [0.05, 0.1) is 17.5 Å². The van der Waals surface area contributed by atoms with Crippen molar-refractivity contribution in [3.05, 3.63) is 58.9 Å². The molecule has 30 heavy (non-hydrogen) atoms. The summed E-state index contributed by atoms with van der Waals surface area (Å²) >= 11 is 7.86. The van der Waals surface area contributed by atoms with Crippen LogP contribution in [-0.4, -0.2) is 28.2 Å². The standard InChI is InChI=1S/C22H20ClN3O3S/c1-29-16-10-9-13(11-15(16)23)12-24-21-20-14-5-2-3-6-17(14)30-22(20)26-18(25-21)7-4-8-19(27)28/h2-3,5-6,9-11H,4,7-8,12H2,1H3,(H,27,28)(H,24,25,26). The van der Waals surface area contributed by atoms with Gasteiger partial charge in [-0.1, -0.05) is 35.9 Å². The van der Waals surface area contributed by atoms with Crippen LogP contribution in [0.2, 0.25) is 5.02 Å². The zero-order chi connectivity index (χ0) is 21.1. The van der Waals surface area contributed by atoms with Gasteiger partial charge in [0.2, 0.25) is 0 Å². The van der Waals surface area contributed by atoms with Crippen LogP contribution in [0.5, 0.6) is 5.75 Å². The number of anilines is 1. The smallest absolute Gasteiger partial charge is 0.303 e. The van der Waals surface area contributed by atoms with Crippen LogP contribution in [0.1, 0.15) is 24.2 Å². The van der Waals surface area contributed by atoms with Crippen LogP contribution in [0.15, 0.2) is 42.5 Å². The summed E-state index contributed by atoms with van der Waals surface area (Å²) in [5.41, 5.74) is 1.000. The number of thiophene rings is 1. The summed E-state index contributed by atoms with van der Waals surface area (Å²) in [7, 11) is 1.59. The molecule has 0 atom stereocenters. The van der Waals surface area contributed by atoms with Gasteiger partial charge in [0.25, 0.3) is 0 Å². The highest BCUT2D eigenvalue weighted by molar-refractivity contribution is 7.25. The fraction of sp³-hybridized carbons (Fsp3) is 0.227. The van der Waals surface area contributed by atoms with Gasteiger partial charge in [-0.15, -0.1) is 11.3 Å². The van der Waals surface area contributed by atoms with Crippen LogP contribution in [0.25, 0.3) is 20.3 Å². The van der Waals surface area contributed by atoms with Crippen molar-refractivity contribution >= 4 is 55.0 Å². The number of nitrogens with zero attached hydrogens (tertiary/aromatic N) is 2. The summed E-state index contributed by atoms with van der Waals surface area (Å²) in [6.07, 6.45) is 1.11. The van der Waals surface area contributed by atoms with Crippen molar-refractivity contribution in [3.8, 4) is 5.75 Å². The molecule has 2 aromatic carbocycles. The molecular weight excluding hydrogens is 422 g/mol. The van der Waals surface area contributed by atoms with E-state index in [1.54, 1.807) is 18.4 Å². The number of aliphatic carboxylic acids is 1. The predicted octanol–water partition coefficient (Wildman–Crippen LogP) is 5.53. The number of rotatable bonds is 8. The molecule has 4 rings (SSSR count). The molecular formula is C22H20ClN3O3S. The second-order valence-electron chi connectivity index (χ2n) is 6.84. The average Bonchev–Trinajstić information content (AvgIpc) is 3.10. The van der Waals surface area contributed by atoms with E-state index in [2.05, 4.69) is 17.4 Å². The Bertz CT molecular complexity index is 1230. The number of halogens is 1. The number of benzene rings is 2. The lowest BCUT2D eigenvalue weighted by Crippen LogP contribution is -2.06. The van der Waals surface area contributed by atoms with E-state index in [-0.39, 0.29) is 6.42 Å². The van der Waals surface area contributed by atoms with Crippen LogP contribution < -0.4 is 10.1 Å². The Morgan fingerprint density at radius 1 is 1.23 bits per heavy atom. The number of nitrogens with one attached hydrogen (secondary N) is 1. The lowest BCUT2D eigenvalue weighted by atomic mass is 10.2. The molecule has 0 saturated heterocycles. The Morgan fingerprint density at radius 3 is 2.83 bits per heavy atom. The van der Waals surface area contributed by atoms with E-state index in [9.17, 15) is 4.79 Å². The Balaban J connectivity index is 1.68.